The van der Waals surface area contributed by atoms with Crippen molar-refractivity contribution in [1.82, 2.24) is 0 Å². The van der Waals surface area contributed by atoms with Gasteiger partial charge in [-0.05, 0) is 110 Å². The van der Waals surface area contributed by atoms with Gasteiger partial charge in [-0.3, -0.25) is 4.79 Å². The molecule has 0 saturated heterocycles. The molecule has 6 rings (SSSR count). The second-order valence-electron chi connectivity index (χ2n) is 17.0. The molecule has 1 aromatic rings. The number of allylic oxidation sites excluding steroid dienone is 2. The lowest BCUT2D eigenvalue weighted by Crippen LogP contribution is -2.66. The molecular weight excluding hydrogens is 520 g/mol. The lowest BCUT2D eigenvalue weighted by Gasteiger charge is -2.71. The Balaban J connectivity index is 1.35. The van der Waals surface area contributed by atoms with E-state index in [-0.39, 0.29) is 45.1 Å². The predicted molar refractivity (Wildman–Crippen MR) is 167 cm³/mol. The molecule has 0 bridgehead atoms. The molecule has 0 radical (unpaired) electrons. The van der Waals surface area contributed by atoms with Gasteiger partial charge in [-0.15, -0.1) is 0 Å². The quantitative estimate of drug-likeness (QED) is 0.288. The van der Waals surface area contributed by atoms with Crippen LogP contribution in [0.15, 0.2) is 42.0 Å². The second-order valence-corrected chi connectivity index (χ2v) is 17.0. The number of ether oxygens (including phenoxy) is 2. The first-order valence-corrected chi connectivity index (χ1v) is 16.8. The van der Waals surface area contributed by atoms with Gasteiger partial charge in [0, 0.05) is 5.41 Å². The summed E-state index contributed by atoms with van der Waals surface area (Å²) >= 11 is 0. The SMILES string of the molecule is COC(=O)C1(C)C2CC[C@]3(C)[C@H](CC=C4[C@H]5CC(C)(C)C[C@@H](OCc6ccccc6)[C@]5(C)CC[C@]43C)[C@@]2(C)CC[C@@H]1O. The zero-order valence-corrected chi connectivity index (χ0v) is 27.6. The van der Waals surface area contributed by atoms with Crippen molar-refractivity contribution in [2.75, 3.05) is 7.11 Å². The van der Waals surface area contributed by atoms with Crippen LogP contribution >= 0.6 is 0 Å². The summed E-state index contributed by atoms with van der Waals surface area (Å²) in [6.45, 7) is 17.8. The molecule has 5 aliphatic rings. The van der Waals surface area contributed by atoms with Gasteiger partial charge in [0.2, 0.25) is 0 Å². The van der Waals surface area contributed by atoms with Gasteiger partial charge >= 0.3 is 5.97 Å². The Morgan fingerprint density at radius 2 is 1.60 bits per heavy atom. The minimum atomic E-state index is -0.837. The van der Waals surface area contributed by atoms with Crippen LogP contribution in [0, 0.1) is 50.2 Å². The maximum Gasteiger partial charge on any atom is 0.314 e. The van der Waals surface area contributed by atoms with Crippen molar-refractivity contribution in [1.29, 1.82) is 0 Å². The number of aliphatic hydroxyl groups excluding tert-OH is 1. The molecule has 0 aromatic heterocycles. The Labute approximate surface area is 255 Å². The highest BCUT2D eigenvalue weighted by molar-refractivity contribution is 5.78. The molecule has 0 heterocycles. The van der Waals surface area contributed by atoms with Crippen LogP contribution in [-0.2, 0) is 20.9 Å². The third kappa shape index (κ3) is 4.09. The topological polar surface area (TPSA) is 55.8 Å². The van der Waals surface area contributed by atoms with Crippen molar-refractivity contribution < 1.29 is 19.4 Å². The highest BCUT2D eigenvalue weighted by Gasteiger charge is 2.70. The van der Waals surface area contributed by atoms with E-state index in [0.717, 1.165) is 32.1 Å². The maximum atomic E-state index is 13.2. The van der Waals surface area contributed by atoms with E-state index >= 15 is 0 Å². The maximum absolute atomic E-state index is 13.2. The van der Waals surface area contributed by atoms with Crippen LogP contribution in [0.5, 0.6) is 0 Å². The van der Waals surface area contributed by atoms with Gasteiger partial charge < -0.3 is 14.6 Å². The standard InChI is InChI=1S/C38H56O4/c1-33(2)22-27-26-14-15-28-35(4)18-17-30(39)38(7,32(40)41-8)29(35)16-19-37(28,6)36(26,5)21-20-34(27,3)31(23-33)42-24-25-12-10-9-11-13-25/h9-14,27-31,39H,15-24H2,1-8H3/t27-,28-,29?,30+,31-,34-,35-,36-,37-,38?/m1/s1. The number of benzene rings is 1. The van der Waals surface area contributed by atoms with Crippen molar-refractivity contribution in [2.45, 2.75) is 125 Å². The van der Waals surface area contributed by atoms with Crippen LogP contribution in [0.2, 0.25) is 0 Å². The van der Waals surface area contributed by atoms with E-state index in [1.165, 1.54) is 31.9 Å². The van der Waals surface area contributed by atoms with Crippen LogP contribution in [0.3, 0.4) is 0 Å². The first kappa shape index (κ1) is 30.4. The van der Waals surface area contributed by atoms with Crippen molar-refractivity contribution in [3.8, 4) is 0 Å². The molecule has 1 N–H and O–H groups in total. The van der Waals surface area contributed by atoms with Crippen molar-refractivity contribution in [3.63, 3.8) is 0 Å². The Hall–Kier alpha value is -1.65. The van der Waals surface area contributed by atoms with Gasteiger partial charge in [0.15, 0.2) is 0 Å². The summed E-state index contributed by atoms with van der Waals surface area (Å²) in [6.07, 6.45) is 11.8. The summed E-state index contributed by atoms with van der Waals surface area (Å²) in [5.41, 5.74) is 2.78. The van der Waals surface area contributed by atoms with Crippen LogP contribution < -0.4 is 0 Å². The van der Waals surface area contributed by atoms with Gasteiger partial charge in [-0.1, -0.05) is 83.5 Å². The third-order valence-electron chi connectivity index (χ3n) is 14.6. The molecule has 4 saturated carbocycles. The number of hydrogen-bond donors (Lipinski definition) is 1. The minimum Gasteiger partial charge on any atom is -0.469 e. The molecule has 4 fully saturated rings. The van der Waals surface area contributed by atoms with E-state index in [2.05, 4.69) is 78.0 Å². The lowest BCUT2D eigenvalue weighted by atomic mass is 9.33. The number of methoxy groups -OCH3 is 1. The van der Waals surface area contributed by atoms with Crippen LogP contribution in [0.25, 0.3) is 0 Å². The smallest absolute Gasteiger partial charge is 0.314 e. The number of carbonyl (C=O) groups excluding carboxylic acids is 1. The second kappa shape index (κ2) is 9.93. The van der Waals surface area contributed by atoms with Crippen LogP contribution in [-0.4, -0.2) is 30.4 Å². The van der Waals surface area contributed by atoms with Crippen molar-refractivity contribution in [3.05, 3.63) is 47.5 Å². The van der Waals surface area contributed by atoms with Gasteiger partial charge in [-0.2, -0.15) is 0 Å². The fourth-order valence-corrected chi connectivity index (χ4v) is 11.8. The summed E-state index contributed by atoms with van der Waals surface area (Å²) in [6, 6.07) is 10.7. The van der Waals surface area contributed by atoms with Gasteiger partial charge in [-0.25, -0.2) is 0 Å². The number of esters is 1. The van der Waals surface area contributed by atoms with Gasteiger partial charge in [0.05, 0.1) is 31.3 Å². The number of rotatable bonds is 4. The Morgan fingerprint density at radius 3 is 2.29 bits per heavy atom. The first-order chi connectivity index (χ1) is 19.7. The number of aliphatic hydroxyl groups is 1. The van der Waals surface area contributed by atoms with E-state index < -0.39 is 11.5 Å². The summed E-state index contributed by atoms with van der Waals surface area (Å²) in [5.74, 6) is 0.918. The molecular formula is C38H56O4. The van der Waals surface area contributed by atoms with Gasteiger partial charge in [0.1, 0.15) is 0 Å². The fraction of sp³-hybridized carbons (Fsp3) is 0.763. The molecule has 0 amide bonds. The Morgan fingerprint density at radius 1 is 0.881 bits per heavy atom. The molecule has 1 aromatic carbocycles. The predicted octanol–water partition coefficient (Wildman–Crippen LogP) is 8.52. The lowest BCUT2D eigenvalue weighted by molar-refractivity contribution is -0.222. The van der Waals surface area contributed by atoms with E-state index in [9.17, 15) is 9.90 Å². The molecule has 2 unspecified atom stereocenters. The van der Waals surface area contributed by atoms with Crippen molar-refractivity contribution >= 4 is 5.97 Å². The normalized spacial score (nSPS) is 47.6. The average Bonchev–Trinajstić information content (AvgIpc) is 2.95. The monoisotopic (exact) mass is 576 g/mol. The largest absolute Gasteiger partial charge is 0.469 e. The summed E-state index contributed by atoms with van der Waals surface area (Å²) < 4.78 is 12.2. The third-order valence-corrected chi connectivity index (χ3v) is 14.6. The molecule has 4 nitrogen and oxygen atoms in total. The van der Waals surface area contributed by atoms with Crippen LogP contribution in [0.1, 0.15) is 112 Å². The molecule has 4 heteroatoms. The highest BCUT2D eigenvalue weighted by Crippen LogP contribution is 2.76. The minimum absolute atomic E-state index is 0.00583. The van der Waals surface area contributed by atoms with Gasteiger partial charge in [0.25, 0.3) is 0 Å². The van der Waals surface area contributed by atoms with Crippen molar-refractivity contribution in [2.24, 2.45) is 50.2 Å². The first-order valence-electron chi connectivity index (χ1n) is 16.8. The average molecular weight is 577 g/mol. The number of hydrogen-bond acceptors (Lipinski definition) is 4. The Kier molecular flexibility index (Phi) is 7.18. The van der Waals surface area contributed by atoms with E-state index in [4.69, 9.17) is 9.47 Å². The Bertz CT molecular complexity index is 1240. The number of fused-ring (bicyclic) bond motifs is 7. The summed E-state index contributed by atoms with van der Waals surface area (Å²) in [5, 5.41) is 11.2. The molecule has 0 aliphatic heterocycles. The summed E-state index contributed by atoms with van der Waals surface area (Å²) in [4.78, 5) is 13.2. The molecule has 10 atom stereocenters. The fourth-order valence-electron chi connectivity index (χ4n) is 11.8. The molecule has 232 valence electrons. The summed E-state index contributed by atoms with van der Waals surface area (Å²) in [7, 11) is 1.48. The highest BCUT2D eigenvalue weighted by atomic mass is 16.5. The molecule has 42 heavy (non-hydrogen) atoms. The van der Waals surface area contributed by atoms with E-state index in [1.807, 2.05) is 6.92 Å². The molecule has 5 aliphatic carbocycles. The zero-order valence-electron chi connectivity index (χ0n) is 27.6. The molecule has 0 spiro atoms. The van der Waals surface area contributed by atoms with E-state index in [0.29, 0.717) is 24.9 Å². The zero-order chi connectivity index (χ0) is 30.3. The van der Waals surface area contributed by atoms with Crippen LogP contribution in [0.4, 0.5) is 0 Å². The number of carbonyl (C=O) groups is 1. The van der Waals surface area contributed by atoms with E-state index in [1.54, 1.807) is 5.57 Å².